The van der Waals surface area contributed by atoms with Crippen LogP contribution >= 0.6 is 0 Å². The third kappa shape index (κ3) is 3.74. The number of aliphatic hydroxyl groups is 1. The fraction of sp³-hybridized carbons (Fsp3) is 1.00. The van der Waals surface area contributed by atoms with E-state index in [9.17, 15) is 0 Å². The van der Waals surface area contributed by atoms with Crippen LogP contribution in [0.15, 0.2) is 0 Å². The second kappa shape index (κ2) is 5.83. The summed E-state index contributed by atoms with van der Waals surface area (Å²) in [5.74, 6) is 0.698. The second-order valence-corrected chi connectivity index (χ2v) is 5.16. The molecular weight excluding hydrogens is 190 g/mol. The van der Waals surface area contributed by atoms with E-state index < -0.39 is 0 Å². The van der Waals surface area contributed by atoms with Gasteiger partial charge in [-0.1, -0.05) is 0 Å². The smallest absolute Gasteiger partial charge is 0.0589 e. The Morgan fingerprint density at radius 2 is 2.20 bits per heavy atom. The van der Waals surface area contributed by atoms with E-state index in [1.54, 1.807) is 7.11 Å². The molecule has 0 aliphatic carbocycles. The Hall–Kier alpha value is -0.120. The molecule has 0 aromatic carbocycles. The molecule has 0 aromatic rings. The van der Waals surface area contributed by atoms with Gasteiger partial charge in [0.15, 0.2) is 0 Å². The van der Waals surface area contributed by atoms with Crippen molar-refractivity contribution >= 4 is 0 Å². The highest BCUT2D eigenvalue weighted by Gasteiger charge is 2.33. The van der Waals surface area contributed by atoms with E-state index in [0.717, 1.165) is 26.1 Å². The van der Waals surface area contributed by atoms with E-state index in [1.165, 1.54) is 12.8 Å². The summed E-state index contributed by atoms with van der Waals surface area (Å²) in [7, 11) is 1.76. The normalized spacial score (nSPS) is 26.8. The molecule has 3 nitrogen and oxygen atoms in total. The summed E-state index contributed by atoms with van der Waals surface area (Å²) >= 11 is 0. The summed E-state index contributed by atoms with van der Waals surface area (Å²) in [6, 6.07) is 0. The minimum absolute atomic E-state index is 0.261. The summed E-state index contributed by atoms with van der Waals surface area (Å²) in [6.45, 7) is 7.90. The monoisotopic (exact) mass is 215 g/mol. The lowest BCUT2D eigenvalue weighted by molar-refractivity contribution is 0.0198. The lowest BCUT2D eigenvalue weighted by Crippen LogP contribution is -2.51. The number of nitrogens with zero attached hydrogens (tertiary/aromatic N) is 1. The van der Waals surface area contributed by atoms with Gasteiger partial charge in [-0.15, -0.1) is 0 Å². The molecule has 0 saturated carbocycles. The van der Waals surface area contributed by atoms with E-state index in [-0.39, 0.29) is 5.54 Å². The van der Waals surface area contributed by atoms with Crippen molar-refractivity contribution in [3.8, 4) is 0 Å². The molecule has 1 heterocycles. The standard InChI is InChI=1S/C12H25NO2/c1-12(2)10-11(5-8-14)4-6-13(12)7-9-15-3/h11,14H,4-10H2,1-3H3. The molecular formula is C12H25NO2. The Balaban J connectivity index is 2.43. The van der Waals surface area contributed by atoms with Crippen LogP contribution < -0.4 is 0 Å². The van der Waals surface area contributed by atoms with Gasteiger partial charge in [0.05, 0.1) is 6.61 Å². The third-order valence-corrected chi connectivity index (χ3v) is 3.55. The largest absolute Gasteiger partial charge is 0.396 e. The van der Waals surface area contributed by atoms with Crippen LogP contribution in [0.5, 0.6) is 0 Å². The average Bonchev–Trinajstić information content (AvgIpc) is 2.16. The highest BCUT2D eigenvalue weighted by molar-refractivity contribution is 4.89. The van der Waals surface area contributed by atoms with Crippen molar-refractivity contribution < 1.29 is 9.84 Å². The van der Waals surface area contributed by atoms with Gasteiger partial charge in [-0.25, -0.2) is 0 Å². The van der Waals surface area contributed by atoms with Gasteiger partial charge in [-0.2, -0.15) is 0 Å². The first-order valence-corrected chi connectivity index (χ1v) is 5.95. The van der Waals surface area contributed by atoms with E-state index in [0.29, 0.717) is 12.5 Å². The van der Waals surface area contributed by atoms with Crippen LogP contribution in [0.3, 0.4) is 0 Å². The second-order valence-electron chi connectivity index (χ2n) is 5.16. The number of ether oxygens (including phenoxy) is 1. The first-order valence-electron chi connectivity index (χ1n) is 5.95. The molecule has 1 atom stereocenters. The van der Waals surface area contributed by atoms with E-state index in [2.05, 4.69) is 18.7 Å². The number of aliphatic hydroxyl groups excluding tert-OH is 1. The van der Waals surface area contributed by atoms with Gasteiger partial charge in [-0.3, -0.25) is 4.90 Å². The Morgan fingerprint density at radius 3 is 2.73 bits per heavy atom. The molecule has 1 aliphatic heterocycles. The molecule has 1 rings (SSSR count). The summed E-state index contributed by atoms with van der Waals surface area (Å²) in [5.41, 5.74) is 0.261. The Morgan fingerprint density at radius 1 is 1.47 bits per heavy atom. The van der Waals surface area contributed by atoms with E-state index >= 15 is 0 Å². The number of likely N-dealkylation sites (tertiary alicyclic amines) is 1. The molecule has 0 radical (unpaired) electrons. The molecule has 1 saturated heterocycles. The topological polar surface area (TPSA) is 32.7 Å². The van der Waals surface area contributed by atoms with Crippen LogP contribution in [-0.2, 0) is 4.74 Å². The van der Waals surface area contributed by atoms with Gasteiger partial charge in [0, 0.05) is 25.8 Å². The molecule has 90 valence electrons. The lowest BCUT2D eigenvalue weighted by atomic mass is 9.81. The summed E-state index contributed by atoms with van der Waals surface area (Å²) in [5, 5.41) is 8.96. The molecule has 1 N–H and O–H groups in total. The molecule has 0 amide bonds. The minimum Gasteiger partial charge on any atom is -0.396 e. The molecule has 1 aliphatic rings. The predicted octanol–water partition coefficient (Wildman–Crippen LogP) is 1.51. The van der Waals surface area contributed by atoms with Crippen molar-refractivity contribution in [1.29, 1.82) is 0 Å². The van der Waals surface area contributed by atoms with Crippen molar-refractivity contribution in [2.24, 2.45) is 5.92 Å². The van der Waals surface area contributed by atoms with Crippen LogP contribution in [0, 0.1) is 5.92 Å². The number of hydrogen-bond donors (Lipinski definition) is 1. The minimum atomic E-state index is 0.261. The van der Waals surface area contributed by atoms with Crippen LogP contribution in [0.25, 0.3) is 0 Å². The molecule has 3 heteroatoms. The molecule has 0 bridgehead atoms. The lowest BCUT2D eigenvalue weighted by Gasteiger charge is -2.45. The molecule has 15 heavy (non-hydrogen) atoms. The number of piperidine rings is 1. The van der Waals surface area contributed by atoms with Crippen LogP contribution in [-0.4, -0.2) is 49.0 Å². The zero-order valence-corrected chi connectivity index (χ0v) is 10.3. The maximum Gasteiger partial charge on any atom is 0.0589 e. The van der Waals surface area contributed by atoms with Crippen molar-refractivity contribution in [2.75, 3.05) is 33.4 Å². The van der Waals surface area contributed by atoms with Crippen molar-refractivity contribution in [3.05, 3.63) is 0 Å². The third-order valence-electron chi connectivity index (χ3n) is 3.55. The van der Waals surface area contributed by atoms with Gasteiger partial charge in [0.1, 0.15) is 0 Å². The molecule has 0 aromatic heterocycles. The molecule has 0 spiro atoms. The molecule has 1 fully saturated rings. The fourth-order valence-corrected chi connectivity index (χ4v) is 2.62. The van der Waals surface area contributed by atoms with Gasteiger partial charge in [0.25, 0.3) is 0 Å². The summed E-state index contributed by atoms with van der Waals surface area (Å²) < 4.78 is 5.13. The summed E-state index contributed by atoms with van der Waals surface area (Å²) in [4.78, 5) is 2.50. The van der Waals surface area contributed by atoms with Crippen LogP contribution in [0.1, 0.15) is 33.1 Å². The van der Waals surface area contributed by atoms with Crippen LogP contribution in [0.4, 0.5) is 0 Å². The van der Waals surface area contributed by atoms with Crippen molar-refractivity contribution in [3.63, 3.8) is 0 Å². The highest BCUT2D eigenvalue weighted by Crippen LogP contribution is 2.32. The fourth-order valence-electron chi connectivity index (χ4n) is 2.62. The highest BCUT2D eigenvalue weighted by atomic mass is 16.5. The zero-order valence-electron chi connectivity index (χ0n) is 10.3. The number of hydrogen-bond acceptors (Lipinski definition) is 3. The maximum absolute atomic E-state index is 8.96. The predicted molar refractivity (Wildman–Crippen MR) is 62.0 cm³/mol. The molecule has 1 unspecified atom stereocenters. The summed E-state index contributed by atoms with van der Waals surface area (Å²) in [6.07, 6.45) is 3.37. The first kappa shape index (κ1) is 12.9. The number of methoxy groups -OCH3 is 1. The van der Waals surface area contributed by atoms with E-state index in [1.807, 2.05) is 0 Å². The zero-order chi connectivity index (χ0) is 11.3. The van der Waals surface area contributed by atoms with Crippen LogP contribution in [0.2, 0.25) is 0 Å². The SMILES string of the molecule is COCCN1CCC(CCO)CC1(C)C. The quantitative estimate of drug-likeness (QED) is 0.754. The maximum atomic E-state index is 8.96. The van der Waals surface area contributed by atoms with Crippen molar-refractivity contribution in [2.45, 2.75) is 38.6 Å². The van der Waals surface area contributed by atoms with Gasteiger partial charge in [0.2, 0.25) is 0 Å². The van der Waals surface area contributed by atoms with Gasteiger partial charge in [-0.05, 0) is 45.6 Å². The van der Waals surface area contributed by atoms with Gasteiger partial charge < -0.3 is 9.84 Å². The first-order chi connectivity index (χ1) is 7.10. The van der Waals surface area contributed by atoms with Gasteiger partial charge >= 0.3 is 0 Å². The Kier molecular flexibility index (Phi) is 5.03. The average molecular weight is 215 g/mol. The Bertz CT molecular complexity index is 182. The Labute approximate surface area is 93.4 Å². The number of rotatable bonds is 5. The van der Waals surface area contributed by atoms with Crippen molar-refractivity contribution in [1.82, 2.24) is 4.90 Å². The van der Waals surface area contributed by atoms with E-state index in [4.69, 9.17) is 9.84 Å².